The lowest BCUT2D eigenvalue weighted by atomic mass is 9.70. The monoisotopic (exact) mass is 534 g/mol. The molecule has 35 heavy (non-hydrogen) atoms. The van der Waals surface area contributed by atoms with Crippen LogP contribution in [0.2, 0.25) is 5.02 Å². The molecule has 0 saturated heterocycles. The van der Waals surface area contributed by atoms with Gasteiger partial charge >= 0.3 is 6.18 Å². The van der Waals surface area contributed by atoms with Crippen LogP contribution in [0.15, 0.2) is 82.7 Å². The van der Waals surface area contributed by atoms with E-state index in [9.17, 15) is 28.3 Å². The lowest BCUT2D eigenvalue weighted by Crippen LogP contribution is -2.66. The van der Waals surface area contributed by atoms with E-state index >= 15 is 0 Å². The molecule has 2 heterocycles. The van der Waals surface area contributed by atoms with Gasteiger partial charge in [0.05, 0.1) is 27.5 Å². The summed E-state index contributed by atoms with van der Waals surface area (Å²) in [4.78, 5) is 13.5. The molecule has 3 aromatic rings. The fourth-order valence-corrected chi connectivity index (χ4v) is 6.07. The number of hydrogen-bond acceptors (Lipinski definition) is 6. The molecule has 0 aliphatic carbocycles. The average Bonchev–Trinajstić information content (AvgIpc) is 3.37. The highest BCUT2D eigenvalue weighted by atomic mass is 35.5. The first-order valence-corrected chi connectivity index (χ1v) is 12.6. The number of carbonyl (C=O) groups excluding carboxylic acids is 1. The molecule has 2 aromatic carbocycles. The molecule has 1 aromatic heterocycles. The molecule has 3 atom stereocenters. The number of carbonyl (C=O) groups is 1. The van der Waals surface area contributed by atoms with Crippen molar-refractivity contribution >= 4 is 40.5 Å². The van der Waals surface area contributed by atoms with E-state index in [-0.39, 0.29) is 31.8 Å². The number of benzene rings is 2. The topological polar surface area (TPSA) is 73.1 Å². The van der Waals surface area contributed by atoms with Crippen LogP contribution in [0, 0.1) is 17.2 Å². The summed E-state index contributed by atoms with van der Waals surface area (Å²) < 4.78 is 43.6. The highest BCUT2D eigenvalue weighted by Crippen LogP contribution is 2.52. The zero-order valence-electron chi connectivity index (χ0n) is 17.9. The number of nitriles is 1. The van der Waals surface area contributed by atoms with Gasteiger partial charge in [0, 0.05) is 16.7 Å². The van der Waals surface area contributed by atoms with Crippen molar-refractivity contribution in [1.82, 2.24) is 5.32 Å². The SMILES string of the molecule is N#CC1=C(SCc2ccccc2)NC(O)(C(F)(F)F)C(C(=O)c2cccs2)C1c1ccccc1Cl. The zero-order chi connectivity index (χ0) is 25.2. The summed E-state index contributed by atoms with van der Waals surface area (Å²) >= 11 is 8.29. The van der Waals surface area contributed by atoms with Crippen LogP contribution >= 0.6 is 34.7 Å². The summed E-state index contributed by atoms with van der Waals surface area (Å²) in [5.41, 5.74) is -2.77. The number of rotatable bonds is 6. The minimum Gasteiger partial charge on any atom is -0.363 e. The summed E-state index contributed by atoms with van der Waals surface area (Å²) in [6.07, 6.45) is -5.25. The van der Waals surface area contributed by atoms with Gasteiger partial charge in [0.25, 0.3) is 0 Å². The fraction of sp³-hybridized carbons (Fsp3) is 0.200. The minimum atomic E-state index is -5.25. The highest BCUT2D eigenvalue weighted by Gasteiger charge is 2.66. The number of allylic oxidation sites excluding steroid dienone is 1. The number of hydrogen-bond donors (Lipinski definition) is 2. The largest absolute Gasteiger partial charge is 0.437 e. The van der Waals surface area contributed by atoms with Crippen LogP contribution in [0.25, 0.3) is 0 Å². The van der Waals surface area contributed by atoms with Crippen LogP contribution < -0.4 is 5.32 Å². The van der Waals surface area contributed by atoms with Crippen molar-refractivity contribution in [3.8, 4) is 6.07 Å². The lowest BCUT2D eigenvalue weighted by molar-refractivity contribution is -0.285. The minimum absolute atomic E-state index is 0.0363. The summed E-state index contributed by atoms with van der Waals surface area (Å²) in [6.45, 7) is 0. The molecule has 0 bridgehead atoms. The van der Waals surface area contributed by atoms with Crippen molar-refractivity contribution in [3.05, 3.63) is 104 Å². The number of alkyl halides is 3. The Morgan fingerprint density at radius 2 is 1.83 bits per heavy atom. The van der Waals surface area contributed by atoms with Crippen LogP contribution in [0.5, 0.6) is 0 Å². The van der Waals surface area contributed by atoms with Crippen LogP contribution in [0.3, 0.4) is 0 Å². The summed E-state index contributed by atoms with van der Waals surface area (Å²) in [7, 11) is 0. The van der Waals surface area contributed by atoms with Gasteiger partial charge in [0.2, 0.25) is 5.72 Å². The average molecular weight is 535 g/mol. The van der Waals surface area contributed by atoms with Gasteiger partial charge < -0.3 is 10.4 Å². The van der Waals surface area contributed by atoms with Gasteiger partial charge in [0.15, 0.2) is 5.78 Å². The van der Waals surface area contributed by atoms with Crippen molar-refractivity contribution < 1.29 is 23.1 Å². The Kier molecular flexibility index (Phi) is 7.29. The molecule has 10 heteroatoms. The van der Waals surface area contributed by atoms with Gasteiger partial charge in [0.1, 0.15) is 0 Å². The third-order valence-corrected chi connectivity index (χ3v) is 8.03. The Balaban J connectivity index is 1.92. The number of halogens is 4. The molecular weight excluding hydrogens is 517 g/mol. The van der Waals surface area contributed by atoms with E-state index in [4.69, 9.17) is 11.6 Å². The molecule has 0 saturated carbocycles. The Bertz CT molecular complexity index is 1290. The lowest BCUT2D eigenvalue weighted by Gasteiger charge is -2.45. The second-order valence-corrected chi connectivity index (χ2v) is 10.2. The standard InChI is InChI=1S/C25H18ClF3N2O2S2/c26-18-10-5-4-9-16(18)20-17(13-30)23(35-14-15-7-2-1-3-8-15)31-24(33,25(27,28)29)21(20)22(32)19-11-6-12-34-19/h1-12,20-21,31,33H,14H2. The van der Waals surface area contributed by atoms with Crippen LogP contribution in [0.1, 0.15) is 26.7 Å². The smallest absolute Gasteiger partial charge is 0.363 e. The van der Waals surface area contributed by atoms with E-state index in [1.807, 2.05) is 12.1 Å². The first-order chi connectivity index (χ1) is 16.7. The maximum atomic E-state index is 14.5. The number of aliphatic hydroxyl groups is 1. The highest BCUT2D eigenvalue weighted by molar-refractivity contribution is 8.02. The maximum Gasteiger partial charge on any atom is 0.437 e. The van der Waals surface area contributed by atoms with E-state index in [0.717, 1.165) is 28.7 Å². The van der Waals surface area contributed by atoms with Crippen molar-refractivity contribution in [3.63, 3.8) is 0 Å². The Morgan fingerprint density at radius 1 is 1.14 bits per heavy atom. The molecule has 0 spiro atoms. The second kappa shape index (κ2) is 10.1. The fourth-order valence-electron chi connectivity index (χ4n) is 4.05. The van der Waals surface area contributed by atoms with E-state index in [2.05, 4.69) is 5.32 Å². The predicted molar refractivity (Wildman–Crippen MR) is 131 cm³/mol. The van der Waals surface area contributed by atoms with Crippen molar-refractivity contribution in [1.29, 1.82) is 5.26 Å². The molecule has 2 N–H and O–H groups in total. The van der Waals surface area contributed by atoms with E-state index in [1.165, 1.54) is 24.3 Å². The van der Waals surface area contributed by atoms with Gasteiger partial charge in [-0.2, -0.15) is 18.4 Å². The molecule has 0 amide bonds. The number of nitrogens with zero attached hydrogens (tertiary/aromatic N) is 1. The first kappa shape index (κ1) is 25.3. The van der Waals surface area contributed by atoms with Crippen LogP contribution in [0.4, 0.5) is 13.2 Å². The van der Waals surface area contributed by atoms with E-state index in [1.54, 1.807) is 41.8 Å². The maximum absolute atomic E-state index is 14.5. The molecule has 4 rings (SSSR count). The summed E-state index contributed by atoms with van der Waals surface area (Å²) in [5.74, 6) is -4.22. The van der Waals surface area contributed by atoms with Crippen molar-refractivity contribution in [2.24, 2.45) is 5.92 Å². The quantitative estimate of drug-likeness (QED) is 0.353. The summed E-state index contributed by atoms with van der Waals surface area (Å²) in [6, 6.07) is 20.0. The summed E-state index contributed by atoms with van der Waals surface area (Å²) in [5, 5.41) is 24.9. The number of ketones is 1. The first-order valence-electron chi connectivity index (χ1n) is 10.4. The molecule has 180 valence electrons. The Morgan fingerprint density at radius 3 is 2.43 bits per heavy atom. The van der Waals surface area contributed by atoms with Gasteiger partial charge in [-0.25, -0.2) is 0 Å². The molecule has 0 fully saturated rings. The van der Waals surface area contributed by atoms with E-state index in [0.29, 0.717) is 0 Å². The van der Waals surface area contributed by atoms with Crippen molar-refractivity contribution in [2.45, 2.75) is 23.6 Å². The van der Waals surface area contributed by atoms with Gasteiger partial charge in [-0.05, 0) is 28.6 Å². The molecule has 1 aliphatic heterocycles. The third-order valence-electron chi connectivity index (χ3n) is 5.71. The van der Waals surface area contributed by atoms with Gasteiger partial charge in [-0.1, -0.05) is 66.2 Å². The Labute approximate surface area is 213 Å². The second-order valence-electron chi connectivity index (χ2n) is 7.84. The van der Waals surface area contributed by atoms with Gasteiger partial charge in [-0.15, -0.1) is 23.1 Å². The van der Waals surface area contributed by atoms with E-state index < -0.39 is 29.5 Å². The number of Topliss-reactive ketones (excluding diaryl/α,β-unsaturated/α-hetero) is 1. The third kappa shape index (κ3) is 4.84. The molecule has 3 unspecified atom stereocenters. The molecular formula is C25H18ClF3N2O2S2. The molecule has 0 radical (unpaired) electrons. The predicted octanol–water partition coefficient (Wildman–Crippen LogP) is 6.51. The normalized spacial score (nSPS) is 22.4. The number of thioether (sulfide) groups is 1. The molecule has 1 aliphatic rings. The van der Waals surface area contributed by atoms with Crippen molar-refractivity contribution in [2.75, 3.05) is 0 Å². The number of thiophene rings is 1. The molecule has 4 nitrogen and oxygen atoms in total. The zero-order valence-corrected chi connectivity index (χ0v) is 20.3. The number of nitrogens with one attached hydrogen (secondary N) is 1. The van der Waals surface area contributed by atoms with Gasteiger partial charge in [-0.3, -0.25) is 4.79 Å². The Hall–Kier alpha value is -2.77. The van der Waals surface area contributed by atoms with Crippen LogP contribution in [-0.4, -0.2) is 22.8 Å². The van der Waals surface area contributed by atoms with Crippen LogP contribution in [-0.2, 0) is 5.75 Å².